The summed E-state index contributed by atoms with van der Waals surface area (Å²) < 4.78 is 0. The van der Waals surface area contributed by atoms with Gasteiger partial charge in [0.25, 0.3) is 0 Å². The van der Waals surface area contributed by atoms with Gasteiger partial charge >= 0.3 is 0 Å². The number of aromatic nitrogens is 1. The topological polar surface area (TPSA) is 62.5 Å². The number of hydrogen-bond donors (Lipinski definition) is 1. The summed E-state index contributed by atoms with van der Waals surface area (Å²) in [4.78, 5) is 24.0. The zero-order valence-corrected chi connectivity index (χ0v) is 17.9. The molecule has 5 nitrogen and oxygen atoms in total. The SMILES string of the molecule is Cc1ccc(-c2ccc(N)c(CC(=O)N3Cc4ccc(CN(C)C)cc4C3)n2)s1. The molecule has 6 heteroatoms. The van der Waals surface area contributed by atoms with Crippen LogP contribution in [0.15, 0.2) is 42.5 Å². The number of nitrogens with two attached hydrogens (primary N) is 1. The maximum absolute atomic E-state index is 13.0. The Bertz CT molecular complexity index is 1060. The molecule has 0 radical (unpaired) electrons. The van der Waals surface area contributed by atoms with Gasteiger partial charge in [0.15, 0.2) is 0 Å². The monoisotopic (exact) mass is 406 g/mol. The molecular formula is C23H26N4OS. The average molecular weight is 407 g/mol. The number of thiophene rings is 1. The molecule has 0 bridgehead atoms. The number of hydrogen-bond acceptors (Lipinski definition) is 5. The van der Waals surface area contributed by atoms with Crippen LogP contribution in [0.5, 0.6) is 0 Å². The lowest BCUT2D eigenvalue weighted by Crippen LogP contribution is -2.27. The summed E-state index contributed by atoms with van der Waals surface area (Å²) in [5.74, 6) is 0.0640. The zero-order chi connectivity index (χ0) is 20.5. The van der Waals surface area contributed by atoms with E-state index in [0.29, 0.717) is 24.5 Å². The van der Waals surface area contributed by atoms with Crippen LogP contribution < -0.4 is 5.73 Å². The third-order valence-corrected chi connectivity index (χ3v) is 6.19. The van der Waals surface area contributed by atoms with E-state index in [0.717, 1.165) is 17.1 Å². The van der Waals surface area contributed by atoms with Crippen molar-refractivity contribution in [2.45, 2.75) is 33.0 Å². The first-order valence-corrected chi connectivity index (χ1v) is 10.6. The number of fused-ring (bicyclic) bond motifs is 1. The fourth-order valence-corrected chi connectivity index (χ4v) is 4.54. The van der Waals surface area contributed by atoms with Crippen molar-refractivity contribution < 1.29 is 4.79 Å². The summed E-state index contributed by atoms with van der Waals surface area (Å²) in [6.07, 6.45) is 0.225. The minimum absolute atomic E-state index is 0.0640. The average Bonchev–Trinajstić information content (AvgIpc) is 3.29. The quantitative estimate of drug-likeness (QED) is 0.699. The number of rotatable bonds is 5. The van der Waals surface area contributed by atoms with Gasteiger partial charge in [0.2, 0.25) is 5.91 Å². The van der Waals surface area contributed by atoms with Gasteiger partial charge in [-0.3, -0.25) is 4.79 Å². The second-order valence-corrected chi connectivity index (χ2v) is 9.20. The number of aryl methyl sites for hydroxylation is 1. The van der Waals surface area contributed by atoms with E-state index in [1.165, 1.54) is 21.6 Å². The molecule has 4 rings (SSSR count). The second kappa shape index (κ2) is 7.97. The van der Waals surface area contributed by atoms with Gasteiger partial charge in [-0.25, -0.2) is 4.98 Å². The van der Waals surface area contributed by atoms with Gasteiger partial charge in [-0.1, -0.05) is 18.2 Å². The molecule has 3 aromatic rings. The van der Waals surface area contributed by atoms with Crippen LogP contribution in [0.3, 0.4) is 0 Å². The van der Waals surface area contributed by atoms with Gasteiger partial charge in [-0.05, 0) is 62.0 Å². The van der Waals surface area contributed by atoms with Crippen LogP contribution in [-0.4, -0.2) is 34.8 Å². The Kier molecular flexibility index (Phi) is 5.39. The van der Waals surface area contributed by atoms with Crippen molar-refractivity contribution in [2.24, 2.45) is 0 Å². The van der Waals surface area contributed by atoms with Crippen LogP contribution >= 0.6 is 11.3 Å². The maximum atomic E-state index is 13.0. The summed E-state index contributed by atoms with van der Waals surface area (Å²) in [5, 5.41) is 0. The predicted octanol–water partition coefficient (Wildman–Crippen LogP) is 3.85. The first kappa shape index (κ1) is 19.6. The van der Waals surface area contributed by atoms with Crippen LogP contribution in [0, 0.1) is 6.92 Å². The van der Waals surface area contributed by atoms with Crippen molar-refractivity contribution in [3.63, 3.8) is 0 Å². The van der Waals surface area contributed by atoms with E-state index in [-0.39, 0.29) is 12.3 Å². The van der Waals surface area contributed by atoms with Gasteiger partial charge in [0.1, 0.15) is 0 Å². The fraction of sp³-hybridized carbons (Fsp3) is 0.304. The molecule has 0 aliphatic carbocycles. The number of nitrogens with zero attached hydrogens (tertiary/aromatic N) is 3. The van der Waals surface area contributed by atoms with Crippen LogP contribution in [0.1, 0.15) is 27.3 Å². The summed E-state index contributed by atoms with van der Waals surface area (Å²) in [6, 6.07) is 14.4. The molecule has 1 aromatic carbocycles. The molecule has 150 valence electrons. The Morgan fingerprint density at radius 3 is 2.66 bits per heavy atom. The zero-order valence-electron chi connectivity index (χ0n) is 17.1. The van der Waals surface area contributed by atoms with Crippen molar-refractivity contribution in [3.05, 3.63) is 69.7 Å². The van der Waals surface area contributed by atoms with E-state index in [1.54, 1.807) is 11.3 Å². The van der Waals surface area contributed by atoms with Crippen LogP contribution in [0.4, 0.5) is 5.69 Å². The molecule has 0 saturated carbocycles. The molecule has 3 heterocycles. The number of benzene rings is 1. The molecule has 0 saturated heterocycles. The molecule has 1 aliphatic rings. The number of anilines is 1. The first-order chi connectivity index (χ1) is 13.9. The van der Waals surface area contributed by atoms with Crippen molar-refractivity contribution in [1.29, 1.82) is 0 Å². The van der Waals surface area contributed by atoms with Crippen molar-refractivity contribution in [1.82, 2.24) is 14.8 Å². The van der Waals surface area contributed by atoms with Crippen LogP contribution in [-0.2, 0) is 30.8 Å². The smallest absolute Gasteiger partial charge is 0.229 e. The minimum Gasteiger partial charge on any atom is -0.397 e. The van der Waals surface area contributed by atoms with E-state index < -0.39 is 0 Å². The lowest BCUT2D eigenvalue weighted by molar-refractivity contribution is -0.131. The Balaban J connectivity index is 1.48. The van der Waals surface area contributed by atoms with Gasteiger partial charge in [0, 0.05) is 24.5 Å². The molecule has 1 amide bonds. The molecule has 0 atom stereocenters. The molecule has 0 fully saturated rings. The number of pyridine rings is 1. The van der Waals surface area contributed by atoms with Gasteiger partial charge in [-0.15, -0.1) is 11.3 Å². The largest absolute Gasteiger partial charge is 0.397 e. The van der Waals surface area contributed by atoms with Crippen molar-refractivity contribution in [3.8, 4) is 10.6 Å². The van der Waals surface area contributed by atoms with Crippen LogP contribution in [0.2, 0.25) is 0 Å². The minimum atomic E-state index is 0.0640. The fourth-order valence-electron chi connectivity index (χ4n) is 3.71. The Labute approximate surface area is 175 Å². The molecule has 0 unspecified atom stereocenters. The standard InChI is InChI=1S/C23H26N4OS/c1-15-4-9-22(29-15)20-8-7-19(24)21(25-20)11-23(28)27-13-17-6-5-16(12-26(2)3)10-18(17)14-27/h4-10H,11-14,24H2,1-3H3. The predicted molar refractivity (Wildman–Crippen MR) is 118 cm³/mol. The van der Waals surface area contributed by atoms with E-state index in [2.05, 4.69) is 56.3 Å². The van der Waals surface area contributed by atoms with E-state index >= 15 is 0 Å². The van der Waals surface area contributed by atoms with Crippen molar-refractivity contribution >= 4 is 22.9 Å². The molecule has 29 heavy (non-hydrogen) atoms. The Morgan fingerprint density at radius 1 is 1.14 bits per heavy atom. The lowest BCUT2D eigenvalue weighted by Gasteiger charge is -2.16. The molecule has 0 spiro atoms. The van der Waals surface area contributed by atoms with Crippen LogP contribution in [0.25, 0.3) is 10.6 Å². The van der Waals surface area contributed by atoms with Gasteiger partial charge < -0.3 is 15.5 Å². The third-order valence-electron chi connectivity index (χ3n) is 5.17. The molecule has 2 N–H and O–H groups in total. The number of amides is 1. The summed E-state index contributed by atoms with van der Waals surface area (Å²) in [7, 11) is 4.12. The number of carbonyl (C=O) groups is 1. The maximum Gasteiger partial charge on any atom is 0.229 e. The highest BCUT2D eigenvalue weighted by molar-refractivity contribution is 7.15. The lowest BCUT2D eigenvalue weighted by atomic mass is 10.1. The van der Waals surface area contributed by atoms with E-state index in [1.807, 2.05) is 17.0 Å². The molecule has 1 aliphatic heterocycles. The highest BCUT2D eigenvalue weighted by atomic mass is 32.1. The summed E-state index contributed by atoms with van der Waals surface area (Å²) >= 11 is 1.69. The number of nitrogen functional groups attached to an aromatic ring is 1. The number of carbonyl (C=O) groups excluding carboxylic acids is 1. The highest BCUT2D eigenvalue weighted by Gasteiger charge is 2.24. The van der Waals surface area contributed by atoms with E-state index in [9.17, 15) is 4.79 Å². The highest BCUT2D eigenvalue weighted by Crippen LogP contribution is 2.29. The third kappa shape index (κ3) is 4.33. The molecule has 2 aromatic heterocycles. The Hall–Kier alpha value is -2.70. The second-order valence-electron chi connectivity index (χ2n) is 7.91. The Morgan fingerprint density at radius 2 is 1.93 bits per heavy atom. The van der Waals surface area contributed by atoms with Gasteiger partial charge in [0.05, 0.1) is 28.4 Å². The summed E-state index contributed by atoms with van der Waals surface area (Å²) in [6.45, 7) is 4.28. The van der Waals surface area contributed by atoms with E-state index in [4.69, 9.17) is 10.7 Å². The van der Waals surface area contributed by atoms with Crippen molar-refractivity contribution in [2.75, 3.05) is 19.8 Å². The summed E-state index contributed by atoms with van der Waals surface area (Å²) in [5.41, 5.74) is 12.0. The normalized spacial score (nSPS) is 13.2. The first-order valence-electron chi connectivity index (χ1n) is 9.74. The molecular weight excluding hydrogens is 380 g/mol. The van der Waals surface area contributed by atoms with Gasteiger partial charge in [-0.2, -0.15) is 0 Å².